The van der Waals surface area contributed by atoms with E-state index >= 15 is 0 Å². The minimum Gasteiger partial charge on any atom is -0.374 e. The van der Waals surface area contributed by atoms with Crippen LogP contribution in [0.3, 0.4) is 0 Å². The van der Waals surface area contributed by atoms with Crippen molar-refractivity contribution in [3.63, 3.8) is 0 Å². The fourth-order valence-corrected chi connectivity index (χ4v) is 1.69. The van der Waals surface area contributed by atoms with Crippen molar-refractivity contribution in [1.82, 2.24) is 4.90 Å². The monoisotopic (exact) mass is 163 g/mol. The Morgan fingerprint density at radius 3 is 3.00 bits per heavy atom. The van der Waals surface area contributed by atoms with Gasteiger partial charge in [-0.3, -0.25) is 4.90 Å². The van der Waals surface area contributed by atoms with E-state index in [0.29, 0.717) is 0 Å². The molecule has 0 radical (unpaired) electrons. The molecule has 2 heteroatoms. The van der Waals surface area contributed by atoms with Crippen molar-refractivity contribution in [2.24, 2.45) is 0 Å². The van der Waals surface area contributed by atoms with Gasteiger partial charge in [0.15, 0.2) is 0 Å². The third kappa shape index (κ3) is 1.04. The Bertz CT molecular complexity index is 309. The lowest BCUT2D eigenvalue weighted by Crippen LogP contribution is -2.15. The van der Waals surface area contributed by atoms with E-state index in [1.165, 1.54) is 11.1 Å². The van der Waals surface area contributed by atoms with Gasteiger partial charge in [-0.1, -0.05) is 23.8 Å². The Morgan fingerprint density at radius 1 is 1.50 bits per heavy atom. The molecule has 1 aliphatic rings. The van der Waals surface area contributed by atoms with Crippen molar-refractivity contribution in [3.05, 3.63) is 34.9 Å². The summed E-state index contributed by atoms with van der Waals surface area (Å²) < 4.78 is 0. The number of hydrogen-bond donors (Lipinski definition) is 1. The smallest absolute Gasteiger partial charge is 0.133 e. The summed E-state index contributed by atoms with van der Waals surface area (Å²) in [4.78, 5) is 1.93. The van der Waals surface area contributed by atoms with E-state index in [9.17, 15) is 5.11 Å². The number of hydrogen-bond acceptors (Lipinski definition) is 2. The third-order valence-corrected chi connectivity index (χ3v) is 2.42. The van der Waals surface area contributed by atoms with E-state index in [1.54, 1.807) is 0 Å². The summed E-state index contributed by atoms with van der Waals surface area (Å²) >= 11 is 0. The second-order valence-corrected chi connectivity index (χ2v) is 3.49. The first-order valence-electron chi connectivity index (χ1n) is 4.16. The molecule has 0 bridgehead atoms. The van der Waals surface area contributed by atoms with Crippen LogP contribution in [0.5, 0.6) is 0 Å². The van der Waals surface area contributed by atoms with E-state index < -0.39 is 6.23 Å². The van der Waals surface area contributed by atoms with Gasteiger partial charge < -0.3 is 5.11 Å². The second kappa shape index (κ2) is 2.57. The SMILES string of the molecule is Cc1ccc2c(c1)C(O)N(C)C2. The summed E-state index contributed by atoms with van der Waals surface area (Å²) in [6, 6.07) is 6.24. The zero-order chi connectivity index (χ0) is 8.72. The predicted octanol–water partition coefficient (Wildman–Crippen LogP) is 1.43. The molecule has 2 nitrogen and oxygen atoms in total. The first-order valence-corrected chi connectivity index (χ1v) is 4.16. The fourth-order valence-electron chi connectivity index (χ4n) is 1.69. The summed E-state index contributed by atoms with van der Waals surface area (Å²) in [6.07, 6.45) is -0.403. The highest BCUT2D eigenvalue weighted by Gasteiger charge is 2.24. The molecule has 0 fully saturated rings. The number of rotatable bonds is 0. The summed E-state index contributed by atoms with van der Waals surface area (Å²) in [5.41, 5.74) is 3.52. The summed E-state index contributed by atoms with van der Waals surface area (Å²) in [5, 5.41) is 9.70. The molecule has 1 aromatic carbocycles. The molecule has 0 aromatic heterocycles. The zero-order valence-corrected chi connectivity index (χ0v) is 7.41. The number of benzene rings is 1. The van der Waals surface area contributed by atoms with Gasteiger partial charge in [0.2, 0.25) is 0 Å². The Labute approximate surface area is 72.4 Å². The highest BCUT2D eigenvalue weighted by atomic mass is 16.3. The fraction of sp³-hybridized carbons (Fsp3) is 0.400. The van der Waals surface area contributed by atoms with Crippen molar-refractivity contribution in [3.8, 4) is 0 Å². The van der Waals surface area contributed by atoms with Gasteiger partial charge in [-0.25, -0.2) is 0 Å². The lowest BCUT2D eigenvalue weighted by molar-refractivity contribution is 0.0337. The van der Waals surface area contributed by atoms with Crippen LogP contribution in [0.1, 0.15) is 22.9 Å². The van der Waals surface area contributed by atoms with Gasteiger partial charge in [-0.2, -0.15) is 0 Å². The van der Waals surface area contributed by atoms with Crippen LogP contribution in [0, 0.1) is 6.92 Å². The first-order chi connectivity index (χ1) is 5.68. The van der Waals surface area contributed by atoms with E-state index in [2.05, 4.69) is 18.2 Å². The summed E-state index contributed by atoms with van der Waals surface area (Å²) in [7, 11) is 1.93. The third-order valence-electron chi connectivity index (χ3n) is 2.42. The molecule has 64 valence electrons. The average Bonchev–Trinajstić information content (AvgIpc) is 2.31. The van der Waals surface area contributed by atoms with E-state index in [4.69, 9.17) is 0 Å². The van der Waals surface area contributed by atoms with Crippen LogP contribution >= 0.6 is 0 Å². The van der Waals surface area contributed by atoms with E-state index in [-0.39, 0.29) is 0 Å². The Kier molecular flexibility index (Phi) is 1.67. The maximum absolute atomic E-state index is 9.70. The van der Waals surface area contributed by atoms with Crippen LogP contribution in [-0.2, 0) is 6.54 Å². The van der Waals surface area contributed by atoms with Crippen LogP contribution in [0.4, 0.5) is 0 Å². The summed E-state index contributed by atoms with van der Waals surface area (Å²) in [5.74, 6) is 0. The normalized spacial score (nSPS) is 22.8. The molecule has 0 aliphatic carbocycles. The highest BCUT2D eigenvalue weighted by molar-refractivity contribution is 5.35. The average molecular weight is 163 g/mol. The van der Waals surface area contributed by atoms with Crippen LogP contribution in [-0.4, -0.2) is 17.1 Å². The summed E-state index contributed by atoms with van der Waals surface area (Å²) in [6.45, 7) is 2.90. The molecule has 0 saturated carbocycles. The van der Waals surface area contributed by atoms with Gasteiger partial charge in [-0.15, -0.1) is 0 Å². The largest absolute Gasteiger partial charge is 0.374 e. The molecule has 0 saturated heterocycles. The van der Waals surface area contributed by atoms with Crippen LogP contribution in [0.25, 0.3) is 0 Å². The molecule has 2 rings (SSSR count). The number of aliphatic hydroxyl groups is 1. The maximum atomic E-state index is 9.70. The maximum Gasteiger partial charge on any atom is 0.133 e. The van der Waals surface area contributed by atoms with Gasteiger partial charge in [0, 0.05) is 12.1 Å². The van der Waals surface area contributed by atoms with Crippen molar-refractivity contribution in [2.45, 2.75) is 19.7 Å². The quantitative estimate of drug-likeness (QED) is 0.625. The van der Waals surface area contributed by atoms with Crippen LogP contribution in [0.2, 0.25) is 0 Å². The van der Waals surface area contributed by atoms with Crippen molar-refractivity contribution in [1.29, 1.82) is 0 Å². The lowest BCUT2D eigenvalue weighted by Gasteiger charge is -2.12. The standard InChI is InChI=1S/C10H13NO/c1-7-3-4-8-6-11(2)10(12)9(8)5-7/h3-5,10,12H,6H2,1-2H3. The van der Waals surface area contributed by atoms with Crippen LogP contribution in [0.15, 0.2) is 18.2 Å². The molecule has 1 N–H and O–H groups in total. The van der Waals surface area contributed by atoms with Crippen LogP contribution < -0.4 is 0 Å². The van der Waals surface area contributed by atoms with E-state index in [0.717, 1.165) is 12.1 Å². The lowest BCUT2D eigenvalue weighted by atomic mass is 10.1. The Balaban J connectivity index is 2.48. The minimum absolute atomic E-state index is 0.403. The number of aliphatic hydroxyl groups excluding tert-OH is 1. The molecule has 12 heavy (non-hydrogen) atoms. The van der Waals surface area contributed by atoms with Crippen molar-refractivity contribution < 1.29 is 5.11 Å². The first kappa shape index (κ1) is 7.77. The Hall–Kier alpha value is -0.860. The zero-order valence-electron chi connectivity index (χ0n) is 7.41. The molecular formula is C10H13NO. The number of fused-ring (bicyclic) bond motifs is 1. The minimum atomic E-state index is -0.403. The number of nitrogens with zero attached hydrogens (tertiary/aromatic N) is 1. The van der Waals surface area contributed by atoms with Gasteiger partial charge in [-0.05, 0) is 19.5 Å². The van der Waals surface area contributed by atoms with E-state index in [1.807, 2.05) is 18.9 Å². The van der Waals surface area contributed by atoms with Gasteiger partial charge in [0.1, 0.15) is 6.23 Å². The Morgan fingerprint density at radius 2 is 2.25 bits per heavy atom. The second-order valence-electron chi connectivity index (χ2n) is 3.49. The topological polar surface area (TPSA) is 23.5 Å². The van der Waals surface area contributed by atoms with Gasteiger partial charge >= 0.3 is 0 Å². The molecular weight excluding hydrogens is 150 g/mol. The van der Waals surface area contributed by atoms with Gasteiger partial charge in [0.05, 0.1) is 0 Å². The molecule has 1 unspecified atom stereocenters. The van der Waals surface area contributed by atoms with Crippen molar-refractivity contribution >= 4 is 0 Å². The van der Waals surface area contributed by atoms with Crippen molar-refractivity contribution in [2.75, 3.05) is 7.05 Å². The van der Waals surface area contributed by atoms with Gasteiger partial charge in [0.25, 0.3) is 0 Å². The predicted molar refractivity (Wildman–Crippen MR) is 47.6 cm³/mol. The number of aryl methyl sites for hydroxylation is 1. The molecule has 1 aromatic rings. The molecule has 1 heterocycles. The molecule has 1 atom stereocenters. The molecule has 0 amide bonds. The highest BCUT2D eigenvalue weighted by Crippen LogP contribution is 2.30. The molecule has 1 aliphatic heterocycles. The molecule has 0 spiro atoms.